The van der Waals surface area contributed by atoms with E-state index in [2.05, 4.69) is 0 Å². The van der Waals surface area contributed by atoms with Crippen molar-refractivity contribution >= 4 is 11.9 Å². The fraction of sp³-hybridized carbons (Fsp3) is 0.333. The van der Waals surface area contributed by atoms with Gasteiger partial charge in [0.1, 0.15) is 0 Å². The SMILES string of the molecule is CC(O)(CNC(=O)c1cc(F)c(F)c(F)c1F)CC(=O)O. The zero-order chi connectivity index (χ0) is 16.4. The molecule has 0 heterocycles. The Labute approximate surface area is 116 Å². The number of aliphatic hydroxyl groups is 1. The molecule has 0 bridgehead atoms. The average Bonchev–Trinajstić information content (AvgIpc) is 2.36. The minimum absolute atomic E-state index is 0.162. The summed E-state index contributed by atoms with van der Waals surface area (Å²) in [5, 5.41) is 20.0. The van der Waals surface area contributed by atoms with Gasteiger partial charge in [-0.3, -0.25) is 9.59 Å². The number of hydrogen-bond donors (Lipinski definition) is 3. The van der Waals surface area contributed by atoms with Crippen LogP contribution in [-0.4, -0.2) is 34.2 Å². The molecule has 0 aliphatic heterocycles. The second kappa shape index (κ2) is 6.08. The molecule has 1 atom stereocenters. The molecule has 5 nitrogen and oxygen atoms in total. The smallest absolute Gasteiger partial charge is 0.306 e. The highest BCUT2D eigenvalue weighted by Crippen LogP contribution is 2.19. The van der Waals surface area contributed by atoms with E-state index in [-0.39, 0.29) is 6.07 Å². The quantitative estimate of drug-likeness (QED) is 0.433. The van der Waals surface area contributed by atoms with Crippen LogP contribution in [0.15, 0.2) is 6.07 Å². The van der Waals surface area contributed by atoms with Crippen LogP contribution in [0.3, 0.4) is 0 Å². The summed E-state index contributed by atoms with van der Waals surface area (Å²) in [4.78, 5) is 22.0. The van der Waals surface area contributed by atoms with Crippen molar-refractivity contribution in [2.75, 3.05) is 6.54 Å². The molecule has 0 aromatic heterocycles. The lowest BCUT2D eigenvalue weighted by molar-refractivity contribution is -0.141. The molecule has 0 fully saturated rings. The third-order valence-corrected chi connectivity index (χ3v) is 2.51. The molecule has 1 amide bonds. The summed E-state index contributed by atoms with van der Waals surface area (Å²) >= 11 is 0. The minimum atomic E-state index is -2.14. The molecule has 1 aromatic rings. The van der Waals surface area contributed by atoms with E-state index in [1.54, 1.807) is 0 Å². The van der Waals surface area contributed by atoms with Gasteiger partial charge in [0.25, 0.3) is 5.91 Å². The predicted molar refractivity (Wildman–Crippen MR) is 61.5 cm³/mol. The van der Waals surface area contributed by atoms with Gasteiger partial charge in [0.15, 0.2) is 23.3 Å². The fourth-order valence-corrected chi connectivity index (χ4v) is 1.49. The largest absolute Gasteiger partial charge is 0.481 e. The number of amides is 1. The Bertz CT molecular complexity index is 589. The first kappa shape index (κ1) is 16.9. The normalized spacial score (nSPS) is 13.6. The molecule has 0 saturated heterocycles. The molecule has 1 rings (SSSR count). The van der Waals surface area contributed by atoms with E-state index in [0.29, 0.717) is 0 Å². The molecule has 1 unspecified atom stereocenters. The molecule has 0 aliphatic rings. The summed E-state index contributed by atoms with van der Waals surface area (Å²) < 4.78 is 51.9. The summed E-state index contributed by atoms with van der Waals surface area (Å²) in [7, 11) is 0. The zero-order valence-electron chi connectivity index (χ0n) is 10.7. The zero-order valence-corrected chi connectivity index (χ0v) is 10.7. The van der Waals surface area contributed by atoms with Crippen molar-refractivity contribution in [3.05, 3.63) is 34.9 Å². The van der Waals surface area contributed by atoms with Gasteiger partial charge in [-0.2, -0.15) is 0 Å². The number of carbonyl (C=O) groups excluding carboxylic acids is 1. The van der Waals surface area contributed by atoms with Gasteiger partial charge in [0.05, 0.1) is 17.6 Å². The summed E-state index contributed by atoms with van der Waals surface area (Å²) in [5.74, 6) is -10.5. The van der Waals surface area contributed by atoms with Crippen LogP contribution < -0.4 is 5.32 Å². The number of carbonyl (C=O) groups is 2. The van der Waals surface area contributed by atoms with Crippen LogP contribution in [0.5, 0.6) is 0 Å². The summed E-state index contributed by atoms with van der Waals surface area (Å²) in [5.41, 5.74) is -2.95. The van der Waals surface area contributed by atoms with E-state index in [9.17, 15) is 32.3 Å². The molecule has 21 heavy (non-hydrogen) atoms. The van der Waals surface area contributed by atoms with Gasteiger partial charge >= 0.3 is 5.97 Å². The van der Waals surface area contributed by atoms with E-state index >= 15 is 0 Å². The third kappa shape index (κ3) is 4.15. The number of benzene rings is 1. The number of aliphatic carboxylic acids is 1. The molecular weight excluding hydrogens is 298 g/mol. The Balaban J connectivity index is 2.89. The molecule has 3 N–H and O–H groups in total. The van der Waals surface area contributed by atoms with Gasteiger partial charge in [0, 0.05) is 6.54 Å². The Morgan fingerprint density at radius 2 is 1.76 bits per heavy atom. The van der Waals surface area contributed by atoms with Crippen LogP contribution in [0, 0.1) is 23.3 Å². The minimum Gasteiger partial charge on any atom is -0.481 e. The first-order chi connectivity index (χ1) is 9.55. The lowest BCUT2D eigenvalue weighted by atomic mass is 10.0. The van der Waals surface area contributed by atoms with Crippen LogP contribution >= 0.6 is 0 Å². The van der Waals surface area contributed by atoms with Crippen LogP contribution in [0.2, 0.25) is 0 Å². The maximum Gasteiger partial charge on any atom is 0.306 e. The van der Waals surface area contributed by atoms with Crippen LogP contribution in [0.25, 0.3) is 0 Å². The van der Waals surface area contributed by atoms with E-state index in [0.717, 1.165) is 6.92 Å². The summed E-state index contributed by atoms with van der Waals surface area (Å²) in [6, 6.07) is 0.162. The third-order valence-electron chi connectivity index (χ3n) is 2.51. The lowest BCUT2D eigenvalue weighted by Gasteiger charge is -2.21. The molecule has 0 radical (unpaired) electrons. The highest BCUT2D eigenvalue weighted by molar-refractivity contribution is 5.94. The molecule has 116 valence electrons. The molecule has 0 saturated carbocycles. The molecule has 0 aliphatic carbocycles. The summed E-state index contributed by atoms with van der Waals surface area (Å²) in [6.07, 6.45) is -0.720. The maximum atomic E-state index is 13.3. The van der Waals surface area contributed by atoms with Crippen molar-refractivity contribution in [3.8, 4) is 0 Å². The first-order valence-corrected chi connectivity index (χ1v) is 5.60. The van der Waals surface area contributed by atoms with Crippen LogP contribution in [0.4, 0.5) is 17.6 Å². The van der Waals surface area contributed by atoms with Crippen LogP contribution in [-0.2, 0) is 4.79 Å². The second-order valence-corrected chi connectivity index (χ2v) is 4.60. The van der Waals surface area contributed by atoms with E-state index in [1.165, 1.54) is 0 Å². The fourth-order valence-electron chi connectivity index (χ4n) is 1.49. The number of rotatable bonds is 5. The Hall–Kier alpha value is -2.16. The Kier molecular flexibility index (Phi) is 4.89. The van der Waals surface area contributed by atoms with Gasteiger partial charge in [-0.1, -0.05) is 0 Å². The van der Waals surface area contributed by atoms with Gasteiger partial charge in [0.2, 0.25) is 0 Å². The molecule has 0 spiro atoms. The van der Waals surface area contributed by atoms with Gasteiger partial charge in [-0.05, 0) is 13.0 Å². The highest BCUT2D eigenvalue weighted by atomic mass is 19.2. The molecule has 9 heteroatoms. The van der Waals surface area contributed by atoms with Crippen molar-refractivity contribution < 1.29 is 37.4 Å². The van der Waals surface area contributed by atoms with E-state index in [4.69, 9.17) is 5.11 Å². The maximum absolute atomic E-state index is 13.3. The van der Waals surface area contributed by atoms with E-state index in [1.807, 2.05) is 5.32 Å². The van der Waals surface area contributed by atoms with E-state index < -0.39 is 59.3 Å². The highest BCUT2D eigenvalue weighted by Gasteiger charge is 2.27. The first-order valence-electron chi connectivity index (χ1n) is 5.60. The number of halogens is 4. The molecular formula is C12H11F4NO4. The van der Waals surface area contributed by atoms with Crippen molar-refractivity contribution in [2.45, 2.75) is 18.9 Å². The lowest BCUT2D eigenvalue weighted by Crippen LogP contribution is -2.42. The number of hydrogen-bond acceptors (Lipinski definition) is 3. The summed E-state index contributed by atoms with van der Waals surface area (Å²) in [6.45, 7) is 0.474. The number of carboxylic acids is 1. The van der Waals surface area contributed by atoms with Crippen molar-refractivity contribution in [1.82, 2.24) is 5.32 Å². The van der Waals surface area contributed by atoms with Gasteiger partial charge in [-0.15, -0.1) is 0 Å². The van der Waals surface area contributed by atoms with Crippen molar-refractivity contribution in [2.24, 2.45) is 0 Å². The number of carboxylic acid groups (broad SMARTS) is 1. The topological polar surface area (TPSA) is 86.6 Å². The van der Waals surface area contributed by atoms with Crippen molar-refractivity contribution in [3.63, 3.8) is 0 Å². The van der Waals surface area contributed by atoms with Gasteiger partial charge < -0.3 is 15.5 Å². The Morgan fingerprint density at radius 3 is 2.29 bits per heavy atom. The van der Waals surface area contributed by atoms with Crippen molar-refractivity contribution in [1.29, 1.82) is 0 Å². The number of nitrogens with one attached hydrogen (secondary N) is 1. The monoisotopic (exact) mass is 309 g/mol. The predicted octanol–water partition coefficient (Wildman–Crippen LogP) is 1.20. The van der Waals surface area contributed by atoms with Crippen LogP contribution in [0.1, 0.15) is 23.7 Å². The van der Waals surface area contributed by atoms with Gasteiger partial charge in [-0.25, -0.2) is 17.6 Å². The second-order valence-electron chi connectivity index (χ2n) is 4.60. The molecule has 1 aromatic carbocycles. The standard InChI is InChI=1S/C12H11F4NO4/c1-12(21,3-7(18)19)4-17-11(20)5-2-6(13)9(15)10(16)8(5)14/h2,21H,3-4H2,1H3,(H,17,20)(H,18,19). The average molecular weight is 309 g/mol. The Morgan fingerprint density at radius 1 is 1.19 bits per heavy atom.